The maximum absolute atomic E-state index is 13.3. The van der Waals surface area contributed by atoms with Crippen LogP contribution in [0, 0.1) is 0 Å². The van der Waals surface area contributed by atoms with Gasteiger partial charge in [-0.3, -0.25) is 19.4 Å². The van der Waals surface area contributed by atoms with E-state index in [0.717, 1.165) is 21.9 Å². The van der Waals surface area contributed by atoms with Crippen molar-refractivity contribution in [3.8, 4) is 0 Å². The van der Waals surface area contributed by atoms with Gasteiger partial charge in [0.05, 0.1) is 23.5 Å². The van der Waals surface area contributed by atoms with E-state index in [1.54, 1.807) is 41.5 Å². The summed E-state index contributed by atoms with van der Waals surface area (Å²) in [5.74, 6) is -1.30. The van der Waals surface area contributed by atoms with E-state index in [2.05, 4.69) is 10.7 Å². The van der Waals surface area contributed by atoms with E-state index < -0.39 is 47.9 Å². The lowest BCUT2D eigenvalue weighted by molar-refractivity contribution is -0.137. The van der Waals surface area contributed by atoms with Crippen LogP contribution in [0.5, 0.6) is 0 Å². The maximum atomic E-state index is 13.3. The van der Waals surface area contributed by atoms with Crippen LogP contribution in [0.1, 0.15) is 18.1 Å². The van der Waals surface area contributed by atoms with Gasteiger partial charge >= 0.3 is 12.2 Å². The highest BCUT2D eigenvalue weighted by molar-refractivity contribution is 6.05. The number of hydrogen-bond acceptors (Lipinski definition) is 5. The highest BCUT2D eigenvalue weighted by atomic mass is 19.4. The normalized spacial score (nSPS) is 18.2. The summed E-state index contributed by atoms with van der Waals surface area (Å²) in [7, 11) is 0. The SMILES string of the molecule is CCN1C=C2C(N1)C(=O)N(Cc1ccccc1)C(=O)N2CC(=O)Nc1ccccc1C(F)(F)F. The highest BCUT2D eigenvalue weighted by Gasteiger charge is 2.46. The van der Waals surface area contributed by atoms with E-state index in [1.165, 1.54) is 12.1 Å². The second kappa shape index (κ2) is 9.18. The number of carbonyl (C=O) groups is 3. The molecule has 2 aromatic carbocycles. The molecule has 2 aliphatic heterocycles. The summed E-state index contributed by atoms with van der Waals surface area (Å²) in [4.78, 5) is 41.3. The standard InChI is InChI=1S/C23H22F3N5O3/c1-2-29-13-18-20(28-29)21(33)31(12-15-8-4-3-5-9-15)22(34)30(18)14-19(32)27-17-11-7-6-10-16(17)23(24,25)26/h3-11,13,20,28H,2,12,14H2,1H3,(H,27,32). The predicted octanol–water partition coefficient (Wildman–Crippen LogP) is 3.16. The minimum Gasteiger partial charge on any atom is -0.324 e. The lowest BCUT2D eigenvalue weighted by Gasteiger charge is -2.37. The number of benzene rings is 2. The number of nitrogens with one attached hydrogen (secondary N) is 2. The van der Waals surface area contributed by atoms with E-state index in [4.69, 9.17) is 0 Å². The van der Waals surface area contributed by atoms with Crippen molar-refractivity contribution in [1.82, 2.24) is 20.2 Å². The summed E-state index contributed by atoms with van der Waals surface area (Å²) in [6.07, 6.45) is -3.11. The molecule has 178 valence electrons. The molecule has 0 aliphatic carbocycles. The number of rotatable bonds is 6. The van der Waals surface area contributed by atoms with E-state index in [-0.39, 0.29) is 12.2 Å². The molecule has 2 aliphatic rings. The molecule has 4 amide bonds. The number of imide groups is 1. The molecule has 0 saturated carbocycles. The third-order valence-electron chi connectivity index (χ3n) is 5.50. The molecule has 8 nitrogen and oxygen atoms in total. The molecule has 0 bridgehead atoms. The molecule has 0 aromatic heterocycles. The van der Waals surface area contributed by atoms with E-state index >= 15 is 0 Å². The molecule has 4 rings (SSSR count). The zero-order valence-electron chi connectivity index (χ0n) is 18.2. The maximum Gasteiger partial charge on any atom is 0.418 e. The Hall–Kier alpha value is -3.86. The molecule has 0 spiro atoms. The molecule has 11 heteroatoms. The minimum absolute atomic E-state index is 0.00881. The lowest BCUT2D eigenvalue weighted by Crippen LogP contribution is -2.61. The van der Waals surface area contributed by atoms with Crippen molar-refractivity contribution in [2.75, 3.05) is 18.4 Å². The molecule has 0 radical (unpaired) electrons. The Bertz CT molecular complexity index is 1140. The van der Waals surface area contributed by atoms with Crippen LogP contribution in [0.3, 0.4) is 0 Å². The van der Waals surface area contributed by atoms with Crippen LogP contribution < -0.4 is 10.7 Å². The monoisotopic (exact) mass is 473 g/mol. The average Bonchev–Trinajstić information content (AvgIpc) is 3.24. The van der Waals surface area contributed by atoms with E-state index in [0.29, 0.717) is 12.1 Å². The molecule has 2 heterocycles. The summed E-state index contributed by atoms with van der Waals surface area (Å²) in [5.41, 5.74) is 2.56. The first-order chi connectivity index (χ1) is 16.2. The largest absolute Gasteiger partial charge is 0.418 e. The fourth-order valence-corrected chi connectivity index (χ4v) is 3.84. The summed E-state index contributed by atoms with van der Waals surface area (Å²) < 4.78 is 39.9. The highest BCUT2D eigenvalue weighted by Crippen LogP contribution is 2.34. The summed E-state index contributed by atoms with van der Waals surface area (Å²) in [6, 6.07) is 11.8. The van der Waals surface area contributed by atoms with Crippen molar-refractivity contribution >= 4 is 23.5 Å². The quantitative estimate of drug-likeness (QED) is 0.674. The van der Waals surface area contributed by atoms with Gasteiger partial charge < -0.3 is 10.3 Å². The van der Waals surface area contributed by atoms with Gasteiger partial charge in [-0.15, -0.1) is 0 Å². The van der Waals surface area contributed by atoms with Crippen molar-refractivity contribution in [2.45, 2.75) is 25.7 Å². The van der Waals surface area contributed by atoms with Crippen LogP contribution in [0.25, 0.3) is 0 Å². The number of fused-ring (bicyclic) bond motifs is 1. The van der Waals surface area contributed by atoms with Crippen LogP contribution in [0.15, 0.2) is 66.5 Å². The van der Waals surface area contributed by atoms with Crippen molar-refractivity contribution in [1.29, 1.82) is 0 Å². The van der Waals surface area contributed by atoms with Crippen molar-refractivity contribution in [3.63, 3.8) is 0 Å². The van der Waals surface area contributed by atoms with Gasteiger partial charge in [-0.1, -0.05) is 42.5 Å². The van der Waals surface area contributed by atoms with Gasteiger partial charge in [0.15, 0.2) is 0 Å². The summed E-state index contributed by atoms with van der Waals surface area (Å²) in [5, 5.41) is 3.86. The molecule has 1 unspecified atom stereocenters. The molecule has 2 aromatic rings. The zero-order chi connectivity index (χ0) is 24.5. The van der Waals surface area contributed by atoms with E-state index in [9.17, 15) is 27.6 Å². The topological polar surface area (TPSA) is 85.0 Å². The van der Waals surface area contributed by atoms with Crippen molar-refractivity contribution in [3.05, 3.63) is 77.6 Å². The fourth-order valence-electron chi connectivity index (χ4n) is 3.84. The van der Waals surface area contributed by atoms with Crippen LogP contribution in [-0.4, -0.2) is 51.8 Å². The van der Waals surface area contributed by atoms with Crippen LogP contribution in [-0.2, 0) is 22.3 Å². The number of para-hydroxylation sites is 1. The first kappa shape index (κ1) is 23.3. The number of anilines is 1. The predicted molar refractivity (Wildman–Crippen MR) is 117 cm³/mol. The van der Waals surface area contributed by atoms with E-state index in [1.807, 2.05) is 6.92 Å². The van der Waals surface area contributed by atoms with Gasteiger partial charge in [-0.2, -0.15) is 13.2 Å². The Morgan fingerprint density at radius 3 is 2.38 bits per heavy atom. The third kappa shape index (κ3) is 4.60. The molecule has 34 heavy (non-hydrogen) atoms. The van der Waals surface area contributed by atoms with Gasteiger partial charge in [0.2, 0.25) is 5.91 Å². The molecular formula is C23H22F3N5O3. The first-order valence-electron chi connectivity index (χ1n) is 10.6. The number of hydrazine groups is 1. The lowest BCUT2D eigenvalue weighted by atomic mass is 10.1. The second-order valence-corrected chi connectivity index (χ2v) is 7.77. The van der Waals surface area contributed by atoms with Gasteiger partial charge in [0.25, 0.3) is 5.91 Å². The van der Waals surface area contributed by atoms with Gasteiger partial charge in [0, 0.05) is 12.7 Å². The molecule has 1 fully saturated rings. The number of nitrogens with zero attached hydrogens (tertiary/aromatic N) is 3. The van der Waals surface area contributed by atoms with Crippen LogP contribution in [0.2, 0.25) is 0 Å². The van der Waals surface area contributed by atoms with Crippen LogP contribution >= 0.6 is 0 Å². The Kier molecular flexibility index (Phi) is 6.29. The Morgan fingerprint density at radius 2 is 1.71 bits per heavy atom. The number of hydrogen-bond donors (Lipinski definition) is 2. The fraction of sp³-hybridized carbons (Fsp3) is 0.261. The van der Waals surface area contributed by atoms with Crippen LogP contribution in [0.4, 0.5) is 23.7 Å². The first-order valence-corrected chi connectivity index (χ1v) is 10.6. The number of halogens is 3. The van der Waals surface area contributed by atoms with Gasteiger partial charge in [-0.25, -0.2) is 10.2 Å². The van der Waals surface area contributed by atoms with Gasteiger partial charge in [-0.05, 0) is 24.6 Å². The third-order valence-corrected chi connectivity index (χ3v) is 5.50. The van der Waals surface area contributed by atoms with Crippen molar-refractivity contribution in [2.24, 2.45) is 0 Å². The average molecular weight is 473 g/mol. The molecule has 1 atom stereocenters. The van der Waals surface area contributed by atoms with Gasteiger partial charge in [0.1, 0.15) is 12.6 Å². The summed E-state index contributed by atoms with van der Waals surface area (Å²) in [6.45, 7) is 1.75. The van der Waals surface area contributed by atoms with Crippen molar-refractivity contribution < 1.29 is 27.6 Å². The number of urea groups is 1. The molecular weight excluding hydrogens is 451 g/mol. The number of amides is 4. The summed E-state index contributed by atoms with van der Waals surface area (Å²) >= 11 is 0. The zero-order valence-corrected chi connectivity index (χ0v) is 18.2. The minimum atomic E-state index is -4.66. The molecule has 2 N–H and O–H groups in total. The Morgan fingerprint density at radius 1 is 1.03 bits per heavy atom. The Labute approximate surface area is 193 Å². The Balaban J connectivity index is 1.59. The number of carbonyl (C=O) groups excluding carboxylic acids is 3. The number of alkyl halides is 3. The smallest absolute Gasteiger partial charge is 0.324 e. The molecule has 1 saturated heterocycles. The second-order valence-electron chi connectivity index (χ2n) is 7.77.